The van der Waals surface area contributed by atoms with Gasteiger partial charge in [-0.2, -0.15) is 0 Å². The van der Waals surface area contributed by atoms with E-state index >= 15 is 0 Å². The lowest BCUT2D eigenvalue weighted by molar-refractivity contribution is 0.282. The van der Waals surface area contributed by atoms with Crippen molar-refractivity contribution in [3.8, 4) is 11.5 Å². The number of benzene rings is 2. The van der Waals surface area contributed by atoms with E-state index in [1.807, 2.05) is 19.1 Å². The molecule has 3 aromatic rings. The normalized spacial score (nSPS) is 10.8. The van der Waals surface area contributed by atoms with E-state index in [1.54, 1.807) is 30.0 Å². The highest BCUT2D eigenvalue weighted by molar-refractivity contribution is 9.10. The van der Waals surface area contributed by atoms with Crippen LogP contribution in [0.25, 0.3) is 0 Å². The third-order valence-electron chi connectivity index (χ3n) is 3.99. The summed E-state index contributed by atoms with van der Waals surface area (Å²) in [5.41, 5.74) is 1.69. The zero-order chi connectivity index (χ0) is 20.1. The fraction of sp³-hybridized carbons (Fsp3) is 0.278. The Bertz CT molecular complexity index is 947. The first-order chi connectivity index (χ1) is 13.5. The van der Waals surface area contributed by atoms with Crippen LogP contribution in [-0.4, -0.2) is 27.3 Å². The van der Waals surface area contributed by atoms with Gasteiger partial charge in [0, 0.05) is 28.7 Å². The summed E-state index contributed by atoms with van der Waals surface area (Å²) in [6.07, 6.45) is 0. The predicted molar refractivity (Wildman–Crippen MR) is 112 cm³/mol. The number of anilines is 1. The van der Waals surface area contributed by atoms with Crippen molar-refractivity contribution in [1.29, 1.82) is 0 Å². The molecule has 10 heteroatoms. The summed E-state index contributed by atoms with van der Waals surface area (Å²) in [4.78, 5) is 0. The first kappa shape index (κ1) is 20.7. The molecule has 0 saturated heterocycles. The van der Waals surface area contributed by atoms with E-state index in [0.29, 0.717) is 40.6 Å². The molecule has 1 aromatic heterocycles. The van der Waals surface area contributed by atoms with Crippen molar-refractivity contribution in [1.82, 2.24) is 20.2 Å². The highest BCUT2D eigenvalue weighted by Crippen LogP contribution is 2.38. The van der Waals surface area contributed by atoms with Crippen LogP contribution in [0.15, 0.2) is 34.8 Å². The van der Waals surface area contributed by atoms with Gasteiger partial charge in [-0.15, -0.1) is 0 Å². The molecule has 3 rings (SSSR count). The number of nitrogens with one attached hydrogen (secondary N) is 1. The number of aryl methyl sites for hydroxylation is 1. The average Bonchev–Trinajstić information content (AvgIpc) is 3.14. The SMILES string of the molecule is CCn1nnnc1NCc1cc(Br)c(OCc2c(Cl)cccc2Cl)c(OC)c1. The zero-order valence-electron chi connectivity index (χ0n) is 15.2. The topological polar surface area (TPSA) is 74.1 Å². The molecule has 7 nitrogen and oxygen atoms in total. The number of rotatable bonds is 8. The van der Waals surface area contributed by atoms with Crippen LogP contribution in [0.4, 0.5) is 5.95 Å². The van der Waals surface area contributed by atoms with Crippen molar-refractivity contribution in [3.63, 3.8) is 0 Å². The Morgan fingerprint density at radius 1 is 1.21 bits per heavy atom. The smallest absolute Gasteiger partial charge is 0.243 e. The van der Waals surface area contributed by atoms with E-state index in [9.17, 15) is 0 Å². The van der Waals surface area contributed by atoms with Gasteiger partial charge in [-0.3, -0.25) is 0 Å². The van der Waals surface area contributed by atoms with Gasteiger partial charge in [0.05, 0.1) is 11.6 Å². The van der Waals surface area contributed by atoms with Crippen LogP contribution in [0.1, 0.15) is 18.1 Å². The molecule has 0 spiro atoms. The number of hydrogen-bond donors (Lipinski definition) is 1. The Kier molecular flexibility index (Phi) is 6.98. The van der Waals surface area contributed by atoms with Crippen LogP contribution in [0.2, 0.25) is 10.0 Å². The zero-order valence-corrected chi connectivity index (χ0v) is 18.3. The van der Waals surface area contributed by atoms with E-state index in [4.69, 9.17) is 32.7 Å². The Balaban J connectivity index is 1.76. The molecule has 0 amide bonds. The molecule has 0 aliphatic rings. The molecule has 28 heavy (non-hydrogen) atoms. The summed E-state index contributed by atoms with van der Waals surface area (Å²) < 4.78 is 13.9. The summed E-state index contributed by atoms with van der Waals surface area (Å²) in [6, 6.07) is 9.18. The number of aromatic nitrogens is 4. The second kappa shape index (κ2) is 9.45. The summed E-state index contributed by atoms with van der Waals surface area (Å²) in [7, 11) is 1.59. The summed E-state index contributed by atoms with van der Waals surface area (Å²) in [5.74, 6) is 1.76. The highest BCUT2D eigenvalue weighted by Gasteiger charge is 2.14. The molecule has 1 N–H and O–H groups in total. The van der Waals surface area contributed by atoms with Crippen LogP contribution < -0.4 is 14.8 Å². The third kappa shape index (κ3) is 4.68. The summed E-state index contributed by atoms with van der Waals surface area (Å²) in [6.45, 7) is 3.39. The van der Waals surface area contributed by atoms with Crippen LogP contribution in [0, 0.1) is 0 Å². The lowest BCUT2D eigenvalue weighted by Gasteiger charge is -2.16. The fourth-order valence-corrected chi connectivity index (χ4v) is 3.67. The molecule has 0 bridgehead atoms. The van der Waals surface area contributed by atoms with Crippen LogP contribution in [-0.2, 0) is 19.7 Å². The second-order valence-electron chi connectivity index (χ2n) is 5.77. The van der Waals surface area contributed by atoms with E-state index in [-0.39, 0.29) is 6.61 Å². The van der Waals surface area contributed by atoms with Crippen LogP contribution in [0.3, 0.4) is 0 Å². The van der Waals surface area contributed by atoms with Crippen molar-refractivity contribution in [3.05, 3.63) is 56.0 Å². The van der Waals surface area contributed by atoms with Gasteiger partial charge in [-0.25, -0.2) is 4.68 Å². The highest BCUT2D eigenvalue weighted by atomic mass is 79.9. The predicted octanol–water partition coefficient (Wildman–Crippen LogP) is 4.96. The molecule has 0 atom stereocenters. The standard InChI is InChI=1S/C18H18BrCl2N5O2/c1-3-26-18(23-24-25-26)22-9-11-7-13(19)17(16(8-11)27-2)28-10-12-14(20)5-4-6-15(12)21/h4-8H,3,9-10H2,1-2H3,(H,22,23,25). The molecule has 0 fully saturated rings. The Morgan fingerprint density at radius 3 is 2.64 bits per heavy atom. The molecule has 1 heterocycles. The largest absolute Gasteiger partial charge is 0.493 e. The monoisotopic (exact) mass is 485 g/mol. The molecule has 0 radical (unpaired) electrons. The molecule has 0 aliphatic carbocycles. The van der Waals surface area contributed by atoms with Gasteiger partial charge in [-0.1, -0.05) is 34.4 Å². The summed E-state index contributed by atoms with van der Waals surface area (Å²) in [5, 5.41) is 15.8. The number of ether oxygens (including phenoxy) is 2. The Morgan fingerprint density at radius 2 is 1.96 bits per heavy atom. The van der Waals surface area contributed by atoms with Crippen LogP contribution >= 0.6 is 39.1 Å². The Labute approximate surface area is 181 Å². The van der Waals surface area contributed by atoms with Gasteiger partial charge in [0.2, 0.25) is 5.95 Å². The Hall–Kier alpha value is -2.03. The maximum atomic E-state index is 6.22. The molecule has 0 unspecified atom stereocenters. The lowest BCUT2D eigenvalue weighted by atomic mass is 10.2. The van der Waals surface area contributed by atoms with E-state index in [1.165, 1.54) is 0 Å². The van der Waals surface area contributed by atoms with Crippen molar-refractivity contribution in [2.24, 2.45) is 0 Å². The summed E-state index contributed by atoms with van der Waals surface area (Å²) >= 11 is 16.0. The number of methoxy groups -OCH3 is 1. The fourth-order valence-electron chi connectivity index (χ4n) is 2.56. The maximum absolute atomic E-state index is 6.22. The van der Waals surface area contributed by atoms with Gasteiger partial charge in [0.25, 0.3) is 0 Å². The van der Waals surface area contributed by atoms with Gasteiger partial charge >= 0.3 is 0 Å². The van der Waals surface area contributed by atoms with Crippen molar-refractivity contribution in [2.45, 2.75) is 26.6 Å². The van der Waals surface area contributed by atoms with E-state index in [0.717, 1.165) is 15.6 Å². The van der Waals surface area contributed by atoms with Crippen LogP contribution in [0.5, 0.6) is 11.5 Å². The number of tetrazole rings is 1. The van der Waals surface area contributed by atoms with E-state index in [2.05, 4.69) is 36.8 Å². The molecular formula is C18H18BrCl2N5O2. The van der Waals surface area contributed by atoms with Gasteiger partial charge in [0.1, 0.15) is 6.61 Å². The lowest BCUT2D eigenvalue weighted by Crippen LogP contribution is -2.08. The second-order valence-corrected chi connectivity index (χ2v) is 7.44. The molecule has 2 aromatic carbocycles. The molecule has 0 saturated carbocycles. The quantitative estimate of drug-likeness (QED) is 0.485. The molecule has 0 aliphatic heterocycles. The minimum atomic E-state index is 0.219. The van der Waals surface area contributed by atoms with Gasteiger partial charge in [-0.05, 0) is 63.1 Å². The maximum Gasteiger partial charge on any atom is 0.243 e. The van der Waals surface area contributed by atoms with Gasteiger partial charge < -0.3 is 14.8 Å². The number of nitrogens with zero attached hydrogens (tertiary/aromatic N) is 4. The van der Waals surface area contributed by atoms with Crippen molar-refractivity contribution >= 4 is 45.1 Å². The molecular weight excluding hydrogens is 469 g/mol. The molecule has 148 valence electrons. The number of halogens is 3. The minimum Gasteiger partial charge on any atom is -0.493 e. The first-order valence-electron chi connectivity index (χ1n) is 8.45. The van der Waals surface area contributed by atoms with Crippen molar-refractivity contribution in [2.75, 3.05) is 12.4 Å². The third-order valence-corrected chi connectivity index (χ3v) is 5.29. The average molecular weight is 487 g/mol. The number of hydrogen-bond acceptors (Lipinski definition) is 6. The van der Waals surface area contributed by atoms with Crippen molar-refractivity contribution < 1.29 is 9.47 Å². The van der Waals surface area contributed by atoms with E-state index < -0.39 is 0 Å². The van der Waals surface area contributed by atoms with Gasteiger partial charge in [0.15, 0.2) is 11.5 Å². The first-order valence-corrected chi connectivity index (χ1v) is 10.0. The minimum absolute atomic E-state index is 0.219.